The molecule has 7 heteroatoms. The van der Waals surface area contributed by atoms with E-state index in [-0.39, 0.29) is 22.4 Å². The first-order valence-corrected chi connectivity index (χ1v) is 8.80. The Morgan fingerprint density at radius 3 is 2.66 bits per heavy atom. The molecule has 0 radical (unpaired) electrons. The van der Waals surface area contributed by atoms with Gasteiger partial charge in [-0.15, -0.1) is 0 Å². The van der Waals surface area contributed by atoms with E-state index in [1.165, 1.54) is 42.1 Å². The number of phenols is 1. The Morgan fingerprint density at radius 1 is 1.21 bits per heavy atom. The first-order valence-electron chi connectivity index (χ1n) is 8.80. The van der Waals surface area contributed by atoms with Crippen LogP contribution in [0.1, 0.15) is 28.4 Å². The van der Waals surface area contributed by atoms with Crippen molar-refractivity contribution in [3.63, 3.8) is 0 Å². The van der Waals surface area contributed by atoms with Crippen molar-refractivity contribution in [2.75, 3.05) is 13.7 Å². The molecule has 3 rings (SSSR count). The molecule has 0 amide bonds. The van der Waals surface area contributed by atoms with Gasteiger partial charge >= 0.3 is 0 Å². The fourth-order valence-corrected chi connectivity index (χ4v) is 2.88. The van der Waals surface area contributed by atoms with Crippen LogP contribution in [0.25, 0.3) is 5.69 Å². The van der Waals surface area contributed by atoms with Gasteiger partial charge in [0.05, 0.1) is 25.0 Å². The number of phenolic OH excluding ortho intramolecular Hbond substituents is 1. The van der Waals surface area contributed by atoms with Crippen LogP contribution < -0.4 is 15.0 Å². The van der Waals surface area contributed by atoms with E-state index in [0.717, 1.165) is 0 Å². The van der Waals surface area contributed by atoms with Crippen molar-refractivity contribution in [2.24, 2.45) is 0 Å². The number of nitriles is 1. The molecule has 0 bridgehead atoms. The second-order valence-corrected chi connectivity index (χ2v) is 6.04. The summed E-state index contributed by atoms with van der Waals surface area (Å²) in [7, 11) is 1.44. The highest BCUT2D eigenvalue weighted by atomic mass is 16.5. The molecule has 2 aromatic carbocycles. The minimum absolute atomic E-state index is 0.00321. The van der Waals surface area contributed by atoms with E-state index in [0.29, 0.717) is 23.8 Å². The third kappa shape index (κ3) is 3.82. The summed E-state index contributed by atoms with van der Waals surface area (Å²) in [5.74, 6) is 0.0406. The Labute approximate surface area is 167 Å². The topological polar surface area (TPSA) is 102 Å². The largest absolute Gasteiger partial charge is 0.507 e. The number of hydrogen-bond donors (Lipinski definition) is 1. The highest BCUT2D eigenvalue weighted by molar-refractivity contribution is 6.11. The number of aromatic nitrogens is 1. The molecule has 0 aliphatic rings. The molecule has 0 aliphatic heterocycles. The quantitative estimate of drug-likeness (QED) is 0.649. The maximum atomic E-state index is 13.0. The monoisotopic (exact) mass is 390 g/mol. The number of hydrogen-bond acceptors (Lipinski definition) is 6. The van der Waals surface area contributed by atoms with E-state index in [4.69, 9.17) is 9.47 Å². The standard InChI is InChI=1S/C22H18N2O5/c1-3-29-20-7-5-4-6-18(20)24-13-15(10-14(12-23)22(24)27)21(26)17-11-16(28-2)8-9-19(17)25/h4-11,13,25H,3H2,1-2H3. The molecule has 1 aromatic heterocycles. The summed E-state index contributed by atoms with van der Waals surface area (Å²) in [5.41, 5.74) is -0.316. The van der Waals surface area contributed by atoms with Crippen molar-refractivity contribution >= 4 is 5.78 Å². The summed E-state index contributed by atoms with van der Waals surface area (Å²) in [5, 5.41) is 19.5. The van der Waals surface area contributed by atoms with Crippen LogP contribution in [0.4, 0.5) is 0 Å². The fourth-order valence-electron chi connectivity index (χ4n) is 2.88. The number of rotatable bonds is 6. The number of nitrogens with zero attached hydrogens (tertiary/aromatic N) is 2. The molecular weight excluding hydrogens is 372 g/mol. The highest BCUT2D eigenvalue weighted by Gasteiger charge is 2.19. The Hall–Kier alpha value is -4.05. The number of carbonyl (C=O) groups excluding carboxylic acids is 1. The average Bonchev–Trinajstić information content (AvgIpc) is 2.74. The third-order valence-electron chi connectivity index (χ3n) is 4.27. The van der Waals surface area contributed by atoms with Gasteiger partial charge < -0.3 is 14.6 Å². The number of aromatic hydroxyl groups is 1. The molecule has 0 fully saturated rings. The summed E-state index contributed by atoms with van der Waals surface area (Å²) >= 11 is 0. The van der Waals surface area contributed by atoms with Crippen molar-refractivity contribution < 1.29 is 19.4 Å². The SMILES string of the molecule is CCOc1ccccc1-n1cc(C(=O)c2cc(OC)ccc2O)cc(C#N)c1=O. The molecule has 29 heavy (non-hydrogen) atoms. The second-order valence-electron chi connectivity index (χ2n) is 6.04. The number of benzene rings is 2. The van der Waals surface area contributed by atoms with Crippen LogP contribution in [0, 0.1) is 11.3 Å². The summed E-state index contributed by atoms with van der Waals surface area (Å²) in [6.45, 7) is 2.19. The zero-order valence-corrected chi connectivity index (χ0v) is 15.9. The van der Waals surface area contributed by atoms with Crippen LogP contribution in [-0.4, -0.2) is 29.2 Å². The molecule has 1 heterocycles. The van der Waals surface area contributed by atoms with Crippen LogP contribution >= 0.6 is 0 Å². The first kappa shape index (κ1) is 19.7. The van der Waals surface area contributed by atoms with E-state index >= 15 is 0 Å². The summed E-state index contributed by atoms with van der Waals surface area (Å²) in [6.07, 6.45) is 1.34. The van der Waals surface area contributed by atoms with Crippen molar-refractivity contribution in [1.29, 1.82) is 5.26 Å². The van der Waals surface area contributed by atoms with Crippen molar-refractivity contribution in [2.45, 2.75) is 6.92 Å². The summed E-state index contributed by atoms with van der Waals surface area (Å²) in [6, 6.07) is 14.1. The maximum Gasteiger partial charge on any atom is 0.273 e. The molecule has 0 saturated heterocycles. The van der Waals surface area contributed by atoms with E-state index in [1.807, 2.05) is 13.0 Å². The van der Waals surface area contributed by atoms with Gasteiger partial charge in [-0.3, -0.25) is 14.2 Å². The van der Waals surface area contributed by atoms with E-state index in [9.17, 15) is 20.0 Å². The van der Waals surface area contributed by atoms with Crippen LogP contribution in [-0.2, 0) is 0 Å². The predicted octanol–water partition coefficient (Wildman–Crippen LogP) is 3.05. The Bertz CT molecular complexity index is 1170. The zero-order valence-electron chi connectivity index (χ0n) is 15.9. The molecule has 0 unspecified atom stereocenters. The van der Waals surface area contributed by atoms with Gasteiger partial charge in [-0.25, -0.2) is 0 Å². The van der Waals surface area contributed by atoms with Crippen LogP contribution in [0.15, 0.2) is 59.5 Å². The average molecular weight is 390 g/mol. The minimum Gasteiger partial charge on any atom is -0.507 e. The fraction of sp³-hybridized carbons (Fsp3) is 0.136. The van der Waals surface area contributed by atoms with Gasteiger partial charge in [0, 0.05) is 11.8 Å². The lowest BCUT2D eigenvalue weighted by Gasteiger charge is -2.14. The summed E-state index contributed by atoms with van der Waals surface area (Å²) < 4.78 is 11.9. The number of methoxy groups -OCH3 is 1. The number of ether oxygens (including phenoxy) is 2. The lowest BCUT2D eigenvalue weighted by molar-refractivity contribution is 0.103. The lowest BCUT2D eigenvalue weighted by atomic mass is 10.0. The number of ketones is 1. The molecule has 146 valence electrons. The van der Waals surface area contributed by atoms with Crippen molar-refractivity contribution in [3.8, 4) is 29.0 Å². The van der Waals surface area contributed by atoms with Crippen LogP contribution in [0.5, 0.6) is 17.2 Å². The minimum atomic E-state index is -0.578. The number of pyridine rings is 1. The Balaban J connectivity index is 2.21. The molecule has 0 aliphatic carbocycles. The Kier molecular flexibility index (Phi) is 5.65. The van der Waals surface area contributed by atoms with E-state index in [2.05, 4.69) is 0 Å². The van der Waals surface area contributed by atoms with Crippen LogP contribution in [0.3, 0.4) is 0 Å². The molecule has 1 N–H and O–H groups in total. The van der Waals surface area contributed by atoms with Gasteiger partial charge in [0.25, 0.3) is 5.56 Å². The molecule has 3 aromatic rings. The highest BCUT2D eigenvalue weighted by Crippen LogP contribution is 2.27. The molecule has 0 saturated carbocycles. The number of para-hydroxylation sites is 2. The van der Waals surface area contributed by atoms with Gasteiger partial charge in [-0.1, -0.05) is 12.1 Å². The molecular formula is C22H18N2O5. The van der Waals surface area contributed by atoms with Gasteiger partial charge in [0.15, 0.2) is 5.78 Å². The Morgan fingerprint density at radius 2 is 1.97 bits per heavy atom. The normalized spacial score (nSPS) is 10.2. The van der Waals surface area contributed by atoms with Gasteiger partial charge in [0.2, 0.25) is 0 Å². The van der Waals surface area contributed by atoms with E-state index < -0.39 is 11.3 Å². The van der Waals surface area contributed by atoms with Gasteiger partial charge in [0.1, 0.15) is 28.9 Å². The van der Waals surface area contributed by atoms with Gasteiger partial charge in [-0.05, 0) is 43.3 Å². The van der Waals surface area contributed by atoms with Crippen molar-refractivity contribution in [3.05, 3.63) is 81.8 Å². The van der Waals surface area contributed by atoms with Crippen molar-refractivity contribution in [1.82, 2.24) is 4.57 Å². The van der Waals surface area contributed by atoms with E-state index in [1.54, 1.807) is 24.3 Å². The third-order valence-corrected chi connectivity index (χ3v) is 4.27. The number of carbonyl (C=O) groups is 1. The predicted molar refractivity (Wildman–Crippen MR) is 106 cm³/mol. The molecule has 7 nitrogen and oxygen atoms in total. The summed E-state index contributed by atoms with van der Waals surface area (Å²) in [4.78, 5) is 25.8. The smallest absolute Gasteiger partial charge is 0.273 e. The lowest BCUT2D eigenvalue weighted by Crippen LogP contribution is -2.23. The maximum absolute atomic E-state index is 13.0. The second kappa shape index (κ2) is 8.31. The molecule has 0 atom stereocenters. The zero-order chi connectivity index (χ0) is 21.0. The van der Waals surface area contributed by atoms with Crippen LogP contribution in [0.2, 0.25) is 0 Å². The van der Waals surface area contributed by atoms with Gasteiger partial charge in [-0.2, -0.15) is 5.26 Å². The molecule has 0 spiro atoms. The first-order chi connectivity index (χ1) is 14.0.